The number of morpholine rings is 1. The number of allylic oxidation sites excluding steroid dienone is 3. The van der Waals surface area contributed by atoms with Gasteiger partial charge in [-0.2, -0.15) is 10.5 Å². The third-order valence-corrected chi connectivity index (χ3v) is 3.39. The summed E-state index contributed by atoms with van der Waals surface area (Å²) in [5, 5.41) is 18.3. The monoisotopic (exact) mass is 299 g/mol. The molecule has 1 saturated heterocycles. The van der Waals surface area contributed by atoms with E-state index in [2.05, 4.69) is 4.90 Å². The van der Waals surface area contributed by atoms with Crippen LogP contribution < -0.4 is 0 Å². The van der Waals surface area contributed by atoms with Crippen molar-refractivity contribution in [2.45, 2.75) is 0 Å². The minimum Gasteiger partial charge on any atom is -0.378 e. The highest BCUT2D eigenvalue weighted by molar-refractivity contribution is 6.30. The maximum absolute atomic E-state index is 8.84. The number of hydrogen-bond acceptors (Lipinski definition) is 4. The zero-order chi connectivity index (χ0) is 15.1. The first-order chi connectivity index (χ1) is 10.2. The van der Waals surface area contributed by atoms with Gasteiger partial charge in [0.15, 0.2) is 0 Å². The summed E-state index contributed by atoms with van der Waals surface area (Å²) >= 11 is 5.92. The fourth-order valence-corrected chi connectivity index (χ4v) is 2.20. The number of rotatable bonds is 3. The molecule has 1 heterocycles. The van der Waals surface area contributed by atoms with Crippen LogP contribution in [-0.4, -0.2) is 31.2 Å². The van der Waals surface area contributed by atoms with E-state index in [0.29, 0.717) is 18.2 Å². The lowest BCUT2D eigenvalue weighted by Gasteiger charge is -2.31. The second kappa shape index (κ2) is 7.50. The van der Waals surface area contributed by atoms with Crippen LogP contribution in [0.15, 0.2) is 42.0 Å². The molecule has 1 aliphatic heterocycles. The molecule has 1 aromatic rings. The molecule has 1 aromatic carbocycles. The largest absolute Gasteiger partial charge is 0.378 e. The fourth-order valence-electron chi connectivity index (χ4n) is 2.07. The van der Waals surface area contributed by atoms with E-state index in [9.17, 15) is 0 Å². The van der Waals surface area contributed by atoms with Crippen LogP contribution in [0.2, 0.25) is 5.02 Å². The van der Waals surface area contributed by atoms with E-state index in [0.717, 1.165) is 24.4 Å². The Morgan fingerprint density at radius 3 is 2.29 bits per heavy atom. The lowest BCUT2D eigenvalue weighted by Crippen LogP contribution is -2.34. The third-order valence-electron chi connectivity index (χ3n) is 3.14. The van der Waals surface area contributed by atoms with Crippen molar-refractivity contribution in [3.8, 4) is 12.1 Å². The standard InChI is InChI=1S/C16H14ClN3O/c17-15-4-2-14(3-5-15)16(6-1-13(11-18)12-19)20-7-9-21-10-8-20/h1-6H,7-10H2/b16-6-. The molecule has 0 spiro atoms. The molecule has 0 amide bonds. The summed E-state index contributed by atoms with van der Waals surface area (Å²) in [6.45, 7) is 2.88. The van der Waals surface area contributed by atoms with Gasteiger partial charge in [-0.15, -0.1) is 0 Å². The highest BCUT2D eigenvalue weighted by atomic mass is 35.5. The van der Waals surface area contributed by atoms with Gasteiger partial charge in [0.25, 0.3) is 0 Å². The molecule has 0 radical (unpaired) electrons. The molecule has 0 bridgehead atoms. The highest BCUT2D eigenvalue weighted by Crippen LogP contribution is 2.22. The minimum atomic E-state index is 0.0784. The topological polar surface area (TPSA) is 60.0 Å². The molecule has 0 N–H and O–H groups in total. The number of halogens is 1. The Balaban J connectivity index is 2.37. The van der Waals surface area contributed by atoms with Gasteiger partial charge in [0.1, 0.15) is 17.7 Å². The average molecular weight is 300 g/mol. The molecule has 1 aliphatic rings. The first kappa shape index (κ1) is 15.1. The molecule has 4 nitrogen and oxygen atoms in total. The summed E-state index contributed by atoms with van der Waals surface area (Å²) in [7, 11) is 0. The van der Waals surface area contributed by atoms with Crippen LogP contribution in [-0.2, 0) is 4.74 Å². The number of ether oxygens (including phenoxy) is 1. The molecular formula is C16H14ClN3O. The van der Waals surface area contributed by atoms with Crippen molar-refractivity contribution >= 4 is 17.3 Å². The van der Waals surface area contributed by atoms with Crippen molar-refractivity contribution in [1.29, 1.82) is 10.5 Å². The lowest BCUT2D eigenvalue weighted by atomic mass is 10.1. The fraction of sp³-hybridized carbons (Fsp3) is 0.250. The van der Waals surface area contributed by atoms with Crippen molar-refractivity contribution < 1.29 is 4.74 Å². The van der Waals surface area contributed by atoms with E-state index in [1.165, 1.54) is 0 Å². The van der Waals surface area contributed by atoms with Crippen LogP contribution in [0.5, 0.6) is 0 Å². The zero-order valence-electron chi connectivity index (χ0n) is 11.4. The van der Waals surface area contributed by atoms with Gasteiger partial charge in [-0.05, 0) is 29.8 Å². The normalized spacial score (nSPS) is 15.0. The lowest BCUT2D eigenvalue weighted by molar-refractivity contribution is 0.0639. The van der Waals surface area contributed by atoms with Gasteiger partial charge in [-0.3, -0.25) is 0 Å². The van der Waals surface area contributed by atoms with E-state index >= 15 is 0 Å². The first-order valence-corrected chi connectivity index (χ1v) is 6.93. The maximum Gasteiger partial charge on any atom is 0.129 e. The molecular weight excluding hydrogens is 286 g/mol. The molecule has 2 rings (SSSR count). The van der Waals surface area contributed by atoms with E-state index in [1.54, 1.807) is 12.2 Å². The van der Waals surface area contributed by atoms with Gasteiger partial charge in [-0.1, -0.05) is 23.7 Å². The number of nitrogens with zero attached hydrogens (tertiary/aromatic N) is 3. The summed E-state index contributed by atoms with van der Waals surface area (Å²) < 4.78 is 5.36. The average Bonchev–Trinajstić information content (AvgIpc) is 2.54. The summed E-state index contributed by atoms with van der Waals surface area (Å²) in [6.07, 6.45) is 3.34. The zero-order valence-corrected chi connectivity index (χ0v) is 12.2. The molecule has 0 unspecified atom stereocenters. The molecule has 5 heteroatoms. The summed E-state index contributed by atoms with van der Waals surface area (Å²) in [5.41, 5.74) is 2.03. The van der Waals surface area contributed by atoms with Crippen molar-refractivity contribution in [2.24, 2.45) is 0 Å². The smallest absolute Gasteiger partial charge is 0.129 e. The van der Waals surface area contributed by atoms with Crippen LogP contribution in [0.1, 0.15) is 5.56 Å². The van der Waals surface area contributed by atoms with E-state index in [1.807, 2.05) is 36.4 Å². The van der Waals surface area contributed by atoms with Gasteiger partial charge in [0.05, 0.1) is 13.2 Å². The van der Waals surface area contributed by atoms with Crippen LogP contribution in [0.25, 0.3) is 5.70 Å². The van der Waals surface area contributed by atoms with Gasteiger partial charge in [0.2, 0.25) is 0 Å². The maximum atomic E-state index is 8.84. The molecule has 21 heavy (non-hydrogen) atoms. The molecule has 0 aromatic heterocycles. The SMILES string of the molecule is N#CC(C#N)=C/C=C(/c1ccc(Cl)cc1)N1CCOCC1. The van der Waals surface area contributed by atoms with E-state index < -0.39 is 0 Å². The minimum absolute atomic E-state index is 0.0784. The Hall–Kier alpha value is -2.27. The number of hydrogen-bond donors (Lipinski definition) is 0. The van der Waals surface area contributed by atoms with Gasteiger partial charge >= 0.3 is 0 Å². The molecule has 106 valence electrons. The van der Waals surface area contributed by atoms with Gasteiger partial charge in [0, 0.05) is 23.8 Å². The first-order valence-electron chi connectivity index (χ1n) is 6.55. The predicted molar refractivity (Wildman–Crippen MR) is 81.1 cm³/mol. The molecule has 0 saturated carbocycles. The van der Waals surface area contributed by atoms with E-state index in [4.69, 9.17) is 26.9 Å². The van der Waals surface area contributed by atoms with Crippen LogP contribution >= 0.6 is 11.6 Å². The van der Waals surface area contributed by atoms with Gasteiger partial charge in [-0.25, -0.2) is 0 Å². The van der Waals surface area contributed by atoms with Crippen molar-refractivity contribution in [3.63, 3.8) is 0 Å². The van der Waals surface area contributed by atoms with Crippen LogP contribution in [0.4, 0.5) is 0 Å². The molecule has 0 atom stereocenters. The number of benzene rings is 1. The van der Waals surface area contributed by atoms with Crippen LogP contribution in [0.3, 0.4) is 0 Å². The Morgan fingerprint density at radius 2 is 1.71 bits per heavy atom. The molecule has 1 fully saturated rings. The Bertz CT molecular complexity index is 613. The van der Waals surface area contributed by atoms with Crippen molar-refractivity contribution in [1.82, 2.24) is 4.90 Å². The Kier molecular flexibility index (Phi) is 5.40. The highest BCUT2D eigenvalue weighted by Gasteiger charge is 2.14. The summed E-state index contributed by atoms with van der Waals surface area (Å²) in [4.78, 5) is 2.18. The quantitative estimate of drug-likeness (QED) is 0.636. The van der Waals surface area contributed by atoms with E-state index in [-0.39, 0.29) is 5.57 Å². The number of nitriles is 2. The second-order valence-electron chi connectivity index (χ2n) is 4.46. The molecule has 0 aliphatic carbocycles. The Labute approximate surface area is 129 Å². The van der Waals surface area contributed by atoms with Crippen molar-refractivity contribution in [3.05, 3.63) is 52.6 Å². The Morgan fingerprint density at radius 1 is 1.10 bits per heavy atom. The second-order valence-corrected chi connectivity index (χ2v) is 4.90. The van der Waals surface area contributed by atoms with Crippen molar-refractivity contribution in [2.75, 3.05) is 26.3 Å². The van der Waals surface area contributed by atoms with Gasteiger partial charge < -0.3 is 9.64 Å². The van der Waals surface area contributed by atoms with Crippen LogP contribution in [0, 0.1) is 22.7 Å². The summed E-state index contributed by atoms with van der Waals surface area (Å²) in [5.74, 6) is 0. The summed E-state index contributed by atoms with van der Waals surface area (Å²) in [6, 6.07) is 11.2. The third kappa shape index (κ3) is 4.10. The predicted octanol–water partition coefficient (Wildman–Crippen LogP) is 2.99.